The van der Waals surface area contributed by atoms with Crippen molar-refractivity contribution in [1.29, 1.82) is 0 Å². The fourth-order valence-corrected chi connectivity index (χ4v) is 3.37. The van der Waals surface area contributed by atoms with Crippen LogP contribution >= 0.6 is 0 Å². The van der Waals surface area contributed by atoms with E-state index < -0.39 is 0 Å². The summed E-state index contributed by atoms with van der Waals surface area (Å²) in [7, 11) is 0. The zero-order valence-corrected chi connectivity index (χ0v) is 15.4. The lowest BCUT2D eigenvalue weighted by atomic mass is 9.88. The minimum Gasteiger partial charge on any atom is -0.483 e. The maximum atomic E-state index is 12.3. The molecule has 3 aromatic rings. The molecule has 0 fully saturated rings. The van der Waals surface area contributed by atoms with Crippen LogP contribution in [0, 0.1) is 20.8 Å². The lowest BCUT2D eigenvalue weighted by Crippen LogP contribution is -2.25. The van der Waals surface area contributed by atoms with Gasteiger partial charge in [-0.15, -0.1) is 0 Å². The minimum absolute atomic E-state index is 0.0110. The Kier molecular flexibility index (Phi) is 5.07. The SMILES string of the molecule is Cc1ccc(-n2nc(C)c3c2NC(=O)CC3c2nc[nH]c2C)cc1.O=CO. The summed E-state index contributed by atoms with van der Waals surface area (Å²) >= 11 is 0. The topological polar surface area (TPSA) is 113 Å². The number of imidazole rings is 1. The number of aromatic nitrogens is 4. The molecule has 3 heterocycles. The summed E-state index contributed by atoms with van der Waals surface area (Å²) in [5.74, 6) is 0.669. The van der Waals surface area contributed by atoms with Gasteiger partial charge in [-0.05, 0) is 32.9 Å². The highest BCUT2D eigenvalue weighted by molar-refractivity contribution is 5.95. The molecule has 27 heavy (non-hydrogen) atoms. The fraction of sp³-hybridized carbons (Fsp3) is 0.263. The van der Waals surface area contributed by atoms with Crippen molar-refractivity contribution in [3.05, 3.63) is 58.8 Å². The molecule has 1 unspecified atom stereocenters. The molecule has 8 nitrogen and oxygen atoms in total. The maximum Gasteiger partial charge on any atom is 0.290 e. The Hall–Kier alpha value is -3.42. The van der Waals surface area contributed by atoms with E-state index in [0.717, 1.165) is 34.2 Å². The first-order chi connectivity index (χ1) is 13.0. The summed E-state index contributed by atoms with van der Waals surface area (Å²) in [5.41, 5.74) is 5.99. The Morgan fingerprint density at radius 2 is 1.89 bits per heavy atom. The average molecular weight is 367 g/mol. The first-order valence-electron chi connectivity index (χ1n) is 8.50. The van der Waals surface area contributed by atoms with Crippen molar-refractivity contribution in [3.8, 4) is 5.69 Å². The lowest BCUT2D eigenvalue weighted by Gasteiger charge is -2.23. The molecule has 3 N–H and O–H groups in total. The van der Waals surface area contributed by atoms with Gasteiger partial charge in [-0.2, -0.15) is 5.10 Å². The van der Waals surface area contributed by atoms with Gasteiger partial charge in [0, 0.05) is 23.6 Å². The number of fused-ring (bicyclic) bond motifs is 1. The van der Waals surface area contributed by atoms with Gasteiger partial charge in [-0.25, -0.2) is 9.67 Å². The number of anilines is 1. The summed E-state index contributed by atoms with van der Waals surface area (Å²) in [6.45, 7) is 5.76. The monoisotopic (exact) mass is 367 g/mol. The summed E-state index contributed by atoms with van der Waals surface area (Å²) in [4.78, 5) is 28.2. The van der Waals surface area contributed by atoms with E-state index in [4.69, 9.17) is 9.90 Å². The number of aromatic amines is 1. The third kappa shape index (κ3) is 3.46. The van der Waals surface area contributed by atoms with Gasteiger partial charge in [0.15, 0.2) is 0 Å². The average Bonchev–Trinajstić information content (AvgIpc) is 3.19. The van der Waals surface area contributed by atoms with Crippen molar-refractivity contribution in [3.63, 3.8) is 0 Å². The van der Waals surface area contributed by atoms with E-state index in [1.807, 2.05) is 49.7 Å². The van der Waals surface area contributed by atoms with E-state index in [1.165, 1.54) is 5.56 Å². The Morgan fingerprint density at radius 1 is 1.22 bits per heavy atom. The number of benzene rings is 1. The van der Waals surface area contributed by atoms with Gasteiger partial charge < -0.3 is 15.4 Å². The quantitative estimate of drug-likeness (QED) is 0.603. The van der Waals surface area contributed by atoms with Gasteiger partial charge in [0.2, 0.25) is 5.91 Å². The van der Waals surface area contributed by atoms with E-state index in [0.29, 0.717) is 6.42 Å². The number of rotatable bonds is 2. The van der Waals surface area contributed by atoms with E-state index in [9.17, 15) is 4.79 Å². The van der Waals surface area contributed by atoms with E-state index >= 15 is 0 Å². The van der Waals surface area contributed by atoms with Crippen molar-refractivity contribution in [2.45, 2.75) is 33.1 Å². The second-order valence-electron chi connectivity index (χ2n) is 6.42. The van der Waals surface area contributed by atoms with Crippen LogP contribution in [0.15, 0.2) is 30.6 Å². The van der Waals surface area contributed by atoms with Gasteiger partial charge in [-0.1, -0.05) is 17.7 Å². The molecule has 0 saturated heterocycles. The maximum absolute atomic E-state index is 12.3. The molecule has 4 rings (SSSR count). The highest BCUT2D eigenvalue weighted by atomic mass is 16.3. The number of hydrogen-bond donors (Lipinski definition) is 3. The van der Waals surface area contributed by atoms with Crippen molar-refractivity contribution in [2.24, 2.45) is 0 Å². The predicted molar refractivity (Wildman–Crippen MR) is 100 cm³/mol. The third-order valence-corrected chi connectivity index (χ3v) is 4.58. The number of carbonyl (C=O) groups is 2. The predicted octanol–water partition coefficient (Wildman–Crippen LogP) is 2.70. The van der Waals surface area contributed by atoms with Crippen molar-refractivity contribution >= 4 is 18.2 Å². The van der Waals surface area contributed by atoms with Gasteiger partial charge in [0.25, 0.3) is 6.47 Å². The summed E-state index contributed by atoms with van der Waals surface area (Å²) < 4.78 is 1.82. The summed E-state index contributed by atoms with van der Waals surface area (Å²) in [6.07, 6.45) is 2.07. The Morgan fingerprint density at radius 3 is 2.48 bits per heavy atom. The molecule has 140 valence electrons. The summed E-state index contributed by atoms with van der Waals surface area (Å²) in [6, 6.07) is 8.10. The number of hydrogen-bond acceptors (Lipinski definition) is 4. The molecular weight excluding hydrogens is 346 g/mol. The molecule has 0 saturated carbocycles. The second kappa shape index (κ2) is 7.45. The number of amides is 1. The van der Waals surface area contributed by atoms with Crippen LogP contribution in [-0.4, -0.2) is 37.2 Å². The third-order valence-electron chi connectivity index (χ3n) is 4.58. The zero-order chi connectivity index (χ0) is 19.6. The molecule has 1 aliphatic heterocycles. The molecule has 2 aromatic heterocycles. The number of carbonyl (C=O) groups excluding carboxylic acids is 1. The van der Waals surface area contributed by atoms with Crippen LogP contribution in [0.25, 0.3) is 5.69 Å². The highest BCUT2D eigenvalue weighted by Gasteiger charge is 2.34. The molecule has 1 aliphatic rings. The van der Waals surface area contributed by atoms with Crippen LogP contribution in [0.2, 0.25) is 0 Å². The number of carboxylic acid groups (broad SMARTS) is 1. The normalized spacial score (nSPS) is 15.4. The Labute approximate surface area is 156 Å². The van der Waals surface area contributed by atoms with Gasteiger partial charge >= 0.3 is 0 Å². The van der Waals surface area contributed by atoms with Crippen LogP contribution in [0.5, 0.6) is 0 Å². The van der Waals surface area contributed by atoms with Crippen LogP contribution in [0.3, 0.4) is 0 Å². The lowest BCUT2D eigenvalue weighted by molar-refractivity contribution is -0.123. The number of aryl methyl sites for hydroxylation is 3. The zero-order valence-electron chi connectivity index (χ0n) is 15.4. The molecule has 0 bridgehead atoms. The second-order valence-corrected chi connectivity index (χ2v) is 6.42. The van der Waals surface area contributed by atoms with E-state index in [2.05, 4.69) is 20.4 Å². The van der Waals surface area contributed by atoms with Gasteiger partial charge in [-0.3, -0.25) is 9.59 Å². The Balaban J connectivity index is 0.000000659. The van der Waals surface area contributed by atoms with Crippen molar-refractivity contribution in [1.82, 2.24) is 19.7 Å². The standard InChI is InChI=1S/C18H19N5O.CH2O2/c1-10-4-6-13(7-5-10)23-18-16(11(2)22-23)14(8-15(24)21-18)17-12(3)19-9-20-17;2-1-3/h4-7,9,14H,8H2,1-3H3,(H,19,20)(H,21,24);1H,(H,2,3). The largest absolute Gasteiger partial charge is 0.483 e. The molecule has 0 radical (unpaired) electrons. The fourth-order valence-electron chi connectivity index (χ4n) is 3.37. The number of nitrogens with zero attached hydrogens (tertiary/aromatic N) is 3. The number of H-pyrrole nitrogens is 1. The molecule has 0 spiro atoms. The van der Waals surface area contributed by atoms with Crippen LogP contribution in [-0.2, 0) is 9.59 Å². The van der Waals surface area contributed by atoms with E-state index in [-0.39, 0.29) is 18.3 Å². The minimum atomic E-state index is -0.250. The number of nitrogens with one attached hydrogen (secondary N) is 2. The van der Waals surface area contributed by atoms with Crippen LogP contribution in [0.4, 0.5) is 5.82 Å². The Bertz CT molecular complexity index is 972. The summed E-state index contributed by atoms with van der Waals surface area (Å²) in [5, 5.41) is 14.6. The van der Waals surface area contributed by atoms with E-state index in [1.54, 1.807) is 6.33 Å². The molecule has 1 aromatic carbocycles. The molecular formula is C19H21N5O3. The first kappa shape index (κ1) is 18.4. The van der Waals surface area contributed by atoms with Gasteiger partial charge in [0.05, 0.1) is 23.4 Å². The smallest absolute Gasteiger partial charge is 0.290 e. The first-order valence-corrected chi connectivity index (χ1v) is 8.50. The molecule has 1 amide bonds. The van der Waals surface area contributed by atoms with Crippen molar-refractivity contribution in [2.75, 3.05) is 5.32 Å². The molecule has 8 heteroatoms. The van der Waals surface area contributed by atoms with Gasteiger partial charge in [0.1, 0.15) is 5.82 Å². The molecule has 1 atom stereocenters. The van der Waals surface area contributed by atoms with Crippen LogP contribution in [0.1, 0.15) is 40.5 Å². The highest BCUT2D eigenvalue weighted by Crippen LogP contribution is 2.40. The van der Waals surface area contributed by atoms with Crippen molar-refractivity contribution < 1.29 is 14.7 Å². The van der Waals surface area contributed by atoms with Crippen LogP contribution < -0.4 is 5.32 Å². The molecule has 0 aliphatic carbocycles.